The molecule has 2 aromatic carbocycles. The van der Waals surface area contributed by atoms with E-state index in [0.29, 0.717) is 11.5 Å². The topological polar surface area (TPSA) is 56.4 Å². The molecular formula is C23H31ClN4S. The lowest BCUT2D eigenvalue weighted by Crippen LogP contribution is -2.47. The summed E-state index contributed by atoms with van der Waals surface area (Å²) in [6.45, 7) is 10.4. The maximum atomic E-state index is 7.86. The Morgan fingerprint density at radius 2 is 1.90 bits per heavy atom. The number of hydrogen-bond donors (Lipinski definition) is 2. The predicted octanol–water partition coefficient (Wildman–Crippen LogP) is 5.51. The van der Waals surface area contributed by atoms with Gasteiger partial charge in [0.1, 0.15) is 5.84 Å². The smallest absolute Gasteiger partial charge is 0.122 e. The minimum Gasteiger partial charge on any atom is -0.384 e. The third-order valence-electron chi connectivity index (χ3n) is 5.82. The summed E-state index contributed by atoms with van der Waals surface area (Å²) >= 11 is 1.80. The van der Waals surface area contributed by atoms with Gasteiger partial charge in [-0.25, -0.2) is 0 Å². The van der Waals surface area contributed by atoms with Crippen LogP contribution in [0.1, 0.15) is 39.2 Å². The van der Waals surface area contributed by atoms with Crippen LogP contribution in [0.2, 0.25) is 0 Å². The second-order valence-electron chi connectivity index (χ2n) is 8.89. The Balaban J connectivity index is 0.00000240. The fourth-order valence-electron chi connectivity index (χ4n) is 4.58. The molecule has 2 aliphatic heterocycles. The fraction of sp³-hybridized carbons (Fsp3) is 0.435. The molecule has 0 bridgehead atoms. The van der Waals surface area contributed by atoms with Crippen molar-refractivity contribution in [2.45, 2.75) is 49.4 Å². The molecule has 156 valence electrons. The first kappa shape index (κ1) is 22.0. The summed E-state index contributed by atoms with van der Waals surface area (Å²) in [5, 5.41) is 7.86. The molecule has 0 saturated carbocycles. The average molecular weight is 431 g/mol. The summed E-state index contributed by atoms with van der Waals surface area (Å²) in [6.07, 6.45) is 2.59. The van der Waals surface area contributed by atoms with Crippen molar-refractivity contribution in [1.82, 2.24) is 4.90 Å². The molecule has 4 nitrogen and oxygen atoms in total. The number of likely N-dealkylation sites (tertiary alicyclic amines) is 1. The number of piperidine rings is 1. The first-order valence-corrected chi connectivity index (χ1v) is 10.9. The van der Waals surface area contributed by atoms with Crippen LogP contribution >= 0.6 is 24.2 Å². The molecule has 1 saturated heterocycles. The van der Waals surface area contributed by atoms with Gasteiger partial charge < -0.3 is 15.5 Å². The zero-order valence-electron chi connectivity index (χ0n) is 17.4. The fourth-order valence-corrected chi connectivity index (χ4v) is 5.63. The number of nitrogen functional groups attached to an aromatic ring is 1. The number of fused-ring (bicyclic) bond motifs is 2. The Hall–Kier alpha value is -1.69. The molecule has 0 spiro atoms. The minimum atomic E-state index is 0. The van der Waals surface area contributed by atoms with Gasteiger partial charge in [-0.15, -0.1) is 12.4 Å². The molecular weight excluding hydrogens is 400 g/mol. The molecule has 29 heavy (non-hydrogen) atoms. The van der Waals surface area contributed by atoms with Crippen molar-refractivity contribution in [1.29, 1.82) is 5.41 Å². The highest BCUT2D eigenvalue weighted by Crippen LogP contribution is 2.49. The number of para-hydroxylation sites is 1. The highest BCUT2D eigenvalue weighted by atomic mass is 35.5. The van der Waals surface area contributed by atoms with Gasteiger partial charge in [0, 0.05) is 34.5 Å². The van der Waals surface area contributed by atoms with E-state index in [1.54, 1.807) is 11.8 Å². The van der Waals surface area contributed by atoms with Crippen LogP contribution in [0.15, 0.2) is 52.3 Å². The van der Waals surface area contributed by atoms with Crippen LogP contribution in [0.3, 0.4) is 0 Å². The van der Waals surface area contributed by atoms with Crippen molar-refractivity contribution < 1.29 is 0 Å². The third kappa shape index (κ3) is 4.57. The van der Waals surface area contributed by atoms with Crippen molar-refractivity contribution in [2.24, 2.45) is 11.1 Å². The summed E-state index contributed by atoms with van der Waals surface area (Å²) in [4.78, 5) is 7.59. The first-order valence-electron chi connectivity index (χ1n) is 10.1. The van der Waals surface area contributed by atoms with Gasteiger partial charge in [-0.3, -0.25) is 5.41 Å². The van der Waals surface area contributed by atoms with Gasteiger partial charge in [0.15, 0.2) is 0 Å². The molecule has 1 atom stereocenters. The second kappa shape index (κ2) is 8.58. The van der Waals surface area contributed by atoms with E-state index in [-0.39, 0.29) is 18.2 Å². The van der Waals surface area contributed by atoms with E-state index in [4.69, 9.17) is 11.1 Å². The van der Waals surface area contributed by atoms with E-state index < -0.39 is 0 Å². The van der Waals surface area contributed by atoms with Gasteiger partial charge >= 0.3 is 0 Å². The zero-order valence-corrected chi connectivity index (χ0v) is 19.1. The lowest BCUT2D eigenvalue weighted by Gasteiger charge is -2.43. The molecule has 1 fully saturated rings. The predicted molar refractivity (Wildman–Crippen MR) is 126 cm³/mol. The summed E-state index contributed by atoms with van der Waals surface area (Å²) in [7, 11) is 0. The standard InChI is InChI=1S/C23H30N4S.ClH/c1-16(14-26-12-6-11-23(2,3)15-26)27-18-7-4-5-8-20(18)28-21-10-9-17(22(24)25)13-19(21)27;/h4-5,7-10,13,16H,6,11-12,14-15H2,1-3H3,(H3,24,25);1H. The van der Waals surface area contributed by atoms with E-state index in [0.717, 1.165) is 18.7 Å². The monoisotopic (exact) mass is 430 g/mol. The van der Waals surface area contributed by atoms with Crippen LogP contribution in [0, 0.1) is 10.8 Å². The van der Waals surface area contributed by atoms with Crippen LogP contribution in [-0.2, 0) is 0 Å². The number of hydrogen-bond acceptors (Lipinski definition) is 4. The number of benzene rings is 2. The summed E-state index contributed by atoms with van der Waals surface area (Å²) in [5.74, 6) is 0.122. The molecule has 1 unspecified atom stereocenters. The number of anilines is 2. The highest BCUT2D eigenvalue weighted by Gasteiger charge is 2.31. The van der Waals surface area contributed by atoms with Crippen LogP contribution in [0.5, 0.6) is 0 Å². The summed E-state index contributed by atoms with van der Waals surface area (Å²) < 4.78 is 0. The SMILES string of the molecule is CC(CN1CCCC(C)(C)C1)N1c2ccccc2Sc2ccc(C(=N)N)cc21.Cl. The van der Waals surface area contributed by atoms with Gasteiger partial charge in [-0.1, -0.05) is 43.8 Å². The quantitative estimate of drug-likeness (QED) is 0.496. The summed E-state index contributed by atoms with van der Waals surface area (Å²) in [5.41, 5.74) is 9.40. The molecule has 2 aliphatic rings. The van der Waals surface area contributed by atoms with Crippen LogP contribution < -0.4 is 10.6 Å². The average Bonchev–Trinajstić information content (AvgIpc) is 2.64. The lowest BCUT2D eigenvalue weighted by atomic mass is 9.84. The maximum absolute atomic E-state index is 7.86. The van der Waals surface area contributed by atoms with Gasteiger partial charge in [-0.2, -0.15) is 0 Å². The third-order valence-corrected chi connectivity index (χ3v) is 6.95. The Bertz CT molecular complexity index is 898. The number of nitrogens with two attached hydrogens (primary N) is 1. The van der Waals surface area contributed by atoms with Crippen molar-refractivity contribution in [2.75, 3.05) is 24.5 Å². The van der Waals surface area contributed by atoms with Crippen LogP contribution in [-0.4, -0.2) is 36.4 Å². The lowest BCUT2D eigenvalue weighted by molar-refractivity contribution is 0.113. The van der Waals surface area contributed by atoms with Crippen LogP contribution in [0.4, 0.5) is 11.4 Å². The maximum Gasteiger partial charge on any atom is 0.122 e. The van der Waals surface area contributed by atoms with Crippen molar-refractivity contribution in [3.05, 3.63) is 48.0 Å². The van der Waals surface area contributed by atoms with Crippen molar-refractivity contribution >= 4 is 41.4 Å². The van der Waals surface area contributed by atoms with Crippen molar-refractivity contribution in [3.63, 3.8) is 0 Å². The molecule has 6 heteroatoms. The molecule has 0 aromatic heterocycles. The van der Waals surface area contributed by atoms with Crippen LogP contribution in [0.25, 0.3) is 0 Å². The number of halogens is 1. The van der Waals surface area contributed by atoms with Crippen molar-refractivity contribution in [3.8, 4) is 0 Å². The Labute approximate surface area is 184 Å². The van der Waals surface area contributed by atoms with Gasteiger partial charge in [0.2, 0.25) is 0 Å². The van der Waals surface area contributed by atoms with Gasteiger partial charge in [0.25, 0.3) is 0 Å². The van der Waals surface area contributed by atoms with Gasteiger partial charge in [-0.05, 0) is 56.0 Å². The number of nitrogens with one attached hydrogen (secondary N) is 1. The van der Waals surface area contributed by atoms with E-state index in [2.05, 4.69) is 67.0 Å². The minimum absolute atomic E-state index is 0. The second-order valence-corrected chi connectivity index (χ2v) is 9.97. The molecule has 0 radical (unpaired) electrons. The number of rotatable bonds is 4. The van der Waals surface area contributed by atoms with E-state index in [1.807, 2.05) is 6.07 Å². The highest BCUT2D eigenvalue weighted by molar-refractivity contribution is 7.99. The molecule has 3 N–H and O–H groups in total. The molecule has 2 aromatic rings. The van der Waals surface area contributed by atoms with Gasteiger partial charge in [0.05, 0.1) is 11.4 Å². The Kier molecular flexibility index (Phi) is 6.51. The van der Waals surface area contributed by atoms with E-state index in [1.165, 1.54) is 40.6 Å². The Morgan fingerprint density at radius 3 is 2.62 bits per heavy atom. The van der Waals surface area contributed by atoms with E-state index in [9.17, 15) is 0 Å². The number of amidine groups is 1. The largest absolute Gasteiger partial charge is 0.384 e. The van der Waals surface area contributed by atoms with E-state index >= 15 is 0 Å². The first-order chi connectivity index (χ1) is 13.3. The Morgan fingerprint density at radius 1 is 1.17 bits per heavy atom. The summed E-state index contributed by atoms with van der Waals surface area (Å²) in [6, 6.07) is 15.1. The molecule has 2 heterocycles. The number of nitrogens with zero attached hydrogens (tertiary/aromatic N) is 2. The molecule has 0 aliphatic carbocycles. The molecule has 0 amide bonds. The molecule has 4 rings (SSSR count). The zero-order chi connectivity index (χ0) is 19.9. The normalized spacial score (nSPS) is 18.9.